The number of hydrogen-bond acceptors (Lipinski definition) is 3. The van der Waals surface area contributed by atoms with E-state index < -0.39 is 0 Å². The Morgan fingerprint density at radius 1 is 1.31 bits per heavy atom. The third kappa shape index (κ3) is 2.10. The number of nitrogens with one attached hydrogen (secondary N) is 1. The van der Waals surface area contributed by atoms with Crippen molar-refractivity contribution in [3.05, 3.63) is 35.9 Å². The molecule has 4 nitrogen and oxygen atoms in total. The molecule has 0 atom stereocenters. The van der Waals surface area contributed by atoms with Crippen molar-refractivity contribution in [2.75, 3.05) is 6.54 Å². The summed E-state index contributed by atoms with van der Waals surface area (Å²) < 4.78 is 0. The van der Waals surface area contributed by atoms with Crippen LogP contribution in [-0.2, 0) is 4.79 Å². The van der Waals surface area contributed by atoms with Crippen LogP contribution in [-0.4, -0.2) is 12.5 Å². The highest BCUT2D eigenvalue weighted by Gasteiger charge is 2.28. The molecule has 1 amide bonds. The van der Waals surface area contributed by atoms with Crippen molar-refractivity contribution in [1.29, 1.82) is 0 Å². The standard InChI is InChI=1S/C12H14N3O/c1-2-3-8-13-12(16)11-9-6-4-5-7-10(9)14-15-11/h4-7H,2-3,8H2,1H3,(H,13,16). The summed E-state index contributed by atoms with van der Waals surface area (Å²) in [6.07, 6.45) is 2.05. The fourth-order valence-corrected chi connectivity index (χ4v) is 1.55. The van der Waals surface area contributed by atoms with Gasteiger partial charge in [0.1, 0.15) is 0 Å². The van der Waals surface area contributed by atoms with Gasteiger partial charge in [0.2, 0.25) is 6.04 Å². The summed E-state index contributed by atoms with van der Waals surface area (Å²) in [4.78, 5) is 11.8. The van der Waals surface area contributed by atoms with Crippen LogP contribution in [0.2, 0.25) is 0 Å². The van der Waals surface area contributed by atoms with Crippen LogP contribution in [0.25, 0.3) is 0 Å². The molecule has 1 aromatic rings. The minimum Gasteiger partial charge on any atom is -0.354 e. The van der Waals surface area contributed by atoms with E-state index in [1.165, 1.54) is 0 Å². The van der Waals surface area contributed by atoms with Gasteiger partial charge in [0.15, 0.2) is 0 Å². The van der Waals surface area contributed by atoms with Crippen LogP contribution in [0.1, 0.15) is 25.3 Å². The number of rotatable bonds is 4. The molecule has 0 spiro atoms. The maximum Gasteiger partial charge on any atom is 0.258 e. The first-order valence-corrected chi connectivity index (χ1v) is 5.49. The number of hydrogen-bond donors (Lipinski definition) is 1. The van der Waals surface area contributed by atoms with Gasteiger partial charge in [0.25, 0.3) is 5.91 Å². The largest absolute Gasteiger partial charge is 0.354 e. The van der Waals surface area contributed by atoms with Gasteiger partial charge in [-0.05, 0) is 12.5 Å². The lowest BCUT2D eigenvalue weighted by Crippen LogP contribution is -2.29. The van der Waals surface area contributed by atoms with E-state index in [4.69, 9.17) is 0 Å². The average molecular weight is 216 g/mol. The topological polar surface area (TPSA) is 53.8 Å². The van der Waals surface area contributed by atoms with E-state index in [0.717, 1.165) is 24.1 Å². The Hall–Kier alpha value is -1.71. The van der Waals surface area contributed by atoms with Crippen molar-refractivity contribution in [3.63, 3.8) is 0 Å². The van der Waals surface area contributed by atoms with Crippen LogP contribution in [0, 0.1) is 6.04 Å². The summed E-state index contributed by atoms with van der Waals surface area (Å²) in [7, 11) is 0. The summed E-state index contributed by atoms with van der Waals surface area (Å²) in [6.45, 7) is 2.78. The number of azo groups is 1. The quantitative estimate of drug-likeness (QED) is 0.773. The maximum atomic E-state index is 11.8. The molecule has 1 N–H and O–H groups in total. The van der Waals surface area contributed by atoms with Crippen molar-refractivity contribution in [1.82, 2.24) is 5.32 Å². The second-order valence-electron chi connectivity index (χ2n) is 3.68. The third-order valence-corrected chi connectivity index (χ3v) is 2.45. The highest BCUT2D eigenvalue weighted by atomic mass is 16.2. The molecule has 0 fully saturated rings. The summed E-state index contributed by atoms with van der Waals surface area (Å²) in [5, 5.41) is 10.7. The minimum absolute atomic E-state index is 0.137. The molecule has 2 rings (SSSR count). The number of benzene rings is 1. The normalized spacial score (nSPS) is 13.8. The van der Waals surface area contributed by atoms with Gasteiger partial charge in [-0.25, -0.2) is 0 Å². The Balaban J connectivity index is 2.02. The van der Waals surface area contributed by atoms with Gasteiger partial charge in [-0.15, -0.1) is 0 Å². The van der Waals surface area contributed by atoms with Crippen LogP contribution in [0.5, 0.6) is 0 Å². The highest BCUT2D eigenvalue weighted by molar-refractivity contribution is 5.96. The van der Waals surface area contributed by atoms with Crippen LogP contribution in [0.15, 0.2) is 34.5 Å². The van der Waals surface area contributed by atoms with E-state index >= 15 is 0 Å². The van der Waals surface area contributed by atoms with E-state index in [1.54, 1.807) is 0 Å². The lowest BCUT2D eigenvalue weighted by atomic mass is 10.1. The zero-order valence-corrected chi connectivity index (χ0v) is 9.23. The van der Waals surface area contributed by atoms with E-state index in [-0.39, 0.29) is 5.91 Å². The Morgan fingerprint density at radius 3 is 2.94 bits per heavy atom. The molecule has 4 heteroatoms. The van der Waals surface area contributed by atoms with Gasteiger partial charge in [-0.1, -0.05) is 31.5 Å². The third-order valence-electron chi connectivity index (χ3n) is 2.45. The van der Waals surface area contributed by atoms with Gasteiger partial charge in [-0.2, -0.15) is 10.2 Å². The Morgan fingerprint density at radius 2 is 2.12 bits per heavy atom. The van der Waals surface area contributed by atoms with Gasteiger partial charge < -0.3 is 5.32 Å². The highest BCUT2D eigenvalue weighted by Crippen LogP contribution is 2.34. The molecule has 1 radical (unpaired) electrons. The zero-order valence-electron chi connectivity index (χ0n) is 9.23. The molecule has 0 aliphatic carbocycles. The van der Waals surface area contributed by atoms with Crippen LogP contribution in [0.3, 0.4) is 0 Å². The van der Waals surface area contributed by atoms with Crippen LogP contribution < -0.4 is 5.32 Å². The maximum absolute atomic E-state index is 11.8. The first-order valence-electron chi connectivity index (χ1n) is 5.49. The predicted molar refractivity (Wildman–Crippen MR) is 61.2 cm³/mol. The molecule has 0 saturated carbocycles. The molecule has 0 bridgehead atoms. The molecule has 83 valence electrons. The lowest BCUT2D eigenvalue weighted by Gasteiger charge is -2.07. The number of carbonyl (C=O) groups is 1. The van der Waals surface area contributed by atoms with E-state index in [1.807, 2.05) is 24.3 Å². The van der Waals surface area contributed by atoms with Crippen LogP contribution in [0.4, 0.5) is 5.69 Å². The molecule has 0 saturated heterocycles. The average Bonchev–Trinajstić information content (AvgIpc) is 2.73. The van der Waals surface area contributed by atoms with Gasteiger partial charge >= 0.3 is 0 Å². The van der Waals surface area contributed by atoms with Crippen molar-refractivity contribution in [2.45, 2.75) is 19.8 Å². The van der Waals surface area contributed by atoms with Crippen molar-refractivity contribution in [2.24, 2.45) is 10.2 Å². The first-order chi connectivity index (χ1) is 7.83. The van der Waals surface area contributed by atoms with E-state index in [9.17, 15) is 4.79 Å². The number of nitrogens with zero attached hydrogens (tertiary/aromatic N) is 2. The lowest BCUT2D eigenvalue weighted by molar-refractivity contribution is -0.118. The smallest absolute Gasteiger partial charge is 0.258 e. The fraction of sp³-hybridized carbons (Fsp3) is 0.333. The molecule has 1 aromatic carbocycles. The Bertz CT molecular complexity index is 414. The summed E-state index contributed by atoms with van der Waals surface area (Å²) in [5.74, 6) is -0.137. The first kappa shape index (κ1) is 10.8. The minimum atomic E-state index is -0.137. The predicted octanol–water partition coefficient (Wildman–Crippen LogP) is 2.58. The molecular formula is C12H14N3O. The molecule has 0 unspecified atom stereocenters. The SMILES string of the molecule is CCCCNC(=O)[C]1N=Nc2ccccc21. The second-order valence-corrected chi connectivity index (χ2v) is 3.68. The fourth-order valence-electron chi connectivity index (χ4n) is 1.55. The van der Waals surface area contributed by atoms with Crippen molar-refractivity contribution < 1.29 is 4.79 Å². The van der Waals surface area contributed by atoms with Gasteiger partial charge in [0, 0.05) is 12.1 Å². The summed E-state index contributed by atoms with van der Waals surface area (Å²) in [5.41, 5.74) is 1.58. The molecule has 16 heavy (non-hydrogen) atoms. The summed E-state index contributed by atoms with van der Waals surface area (Å²) >= 11 is 0. The molecular weight excluding hydrogens is 202 g/mol. The van der Waals surface area contributed by atoms with Crippen molar-refractivity contribution in [3.8, 4) is 0 Å². The number of amides is 1. The molecule has 1 aliphatic rings. The van der Waals surface area contributed by atoms with Gasteiger partial charge in [0.05, 0.1) is 5.69 Å². The Labute approximate surface area is 94.8 Å². The summed E-state index contributed by atoms with van der Waals surface area (Å²) in [6, 6.07) is 7.91. The van der Waals surface area contributed by atoms with Crippen molar-refractivity contribution >= 4 is 11.6 Å². The molecule has 0 aromatic heterocycles. The number of unbranched alkanes of at least 4 members (excludes halogenated alkanes) is 1. The van der Waals surface area contributed by atoms with E-state index in [0.29, 0.717) is 12.6 Å². The Kier molecular flexibility index (Phi) is 3.29. The van der Waals surface area contributed by atoms with E-state index in [2.05, 4.69) is 22.5 Å². The second kappa shape index (κ2) is 4.88. The van der Waals surface area contributed by atoms with Crippen LogP contribution >= 0.6 is 0 Å². The van der Waals surface area contributed by atoms with Gasteiger partial charge in [-0.3, -0.25) is 4.79 Å². The molecule has 1 heterocycles. The number of fused-ring (bicyclic) bond motifs is 1. The molecule has 1 aliphatic heterocycles. The monoisotopic (exact) mass is 216 g/mol. The zero-order chi connectivity index (χ0) is 11.4. The number of carbonyl (C=O) groups excluding carboxylic acids is 1.